The van der Waals surface area contributed by atoms with Crippen LogP contribution in [0.5, 0.6) is 0 Å². The third-order valence-electron chi connectivity index (χ3n) is 2.85. The maximum atomic E-state index is 3.40. The summed E-state index contributed by atoms with van der Waals surface area (Å²) < 4.78 is 0. The highest BCUT2D eigenvalue weighted by molar-refractivity contribution is 7.10. The van der Waals surface area contributed by atoms with E-state index in [1.54, 1.807) is 0 Å². The second-order valence-corrected chi connectivity index (χ2v) is 4.95. The highest BCUT2D eigenvalue weighted by atomic mass is 35.5. The fourth-order valence-electron chi connectivity index (χ4n) is 1.92. The topological polar surface area (TPSA) is 12.0 Å². The van der Waals surface area contributed by atoms with Gasteiger partial charge in [0.1, 0.15) is 0 Å². The summed E-state index contributed by atoms with van der Waals surface area (Å²) in [6, 6.07) is 13.3. The molecule has 3 heteroatoms. The molecule has 0 aliphatic rings. The van der Waals surface area contributed by atoms with Gasteiger partial charge >= 0.3 is 0 Å². The molecule has 0 aliphatic carbocycles. The quantitative estimate of drug-likeness (QED) is 0.884. The molecule has 1 unspecified atom stereocenters. The van der Waals surface area contributed by atoms with Gasteiger partial charge in [-0.1, -0.05) is 30.3 Å². The molecule has 0 radical (unpaired) electrons. The predicted octanol–water partition coefficient (Wildman–Crippen LogP) is 3.98. The summed E-state index contributed by atoms with van der Waals surface area (Å²) in [6.45, 7) is 2.18. The van der Waals surface area contributed by atoms with Crippen LogP contribution >= 0.6 is 23.7 Å². The van der Waals surface area contributed by atoms with Crippen LogP contribution in [0.25, 0.3) is 0 Å². The lowest BCUT2D eigenvalue weighted by atomic mass is 10.0. The van der Waals surface area contributed by atoms with Gasteiger partial charge in [-0.2, -0.15) is 0 Å². The van der Waals surface area contributed by atoms with Crippen molar-refractivity contribution in [1.29, 1.82) is 0 Å². The summed E-state index contributed by atoms with van der Waals surface area (Å²) in [5, 5.41) is 5.57. The Hall–Kier alpha value is -0.830. The molecule has 0 saturated heterocycles. The SMILES string of the molecule is CNC(Cc1ccccc1)c1sccc1C.Cl. The molecule has 0 spiro atoms. The van der Waals surface area contributed by atoms with Crippen molar-refractivity contribution in [3.05, 3.63) is 57.8 Å². The lowest BCUT2D eigenvalue weighted by Crippen LogP contribution is -2.18. The maximum Gasteiger partial charge on any atom is 0.0455 e. The number of aryl methyl sites for hydroxylation is 1. The number of hydrogen-bond acceptors (Lipinski definition) is 2. The average Bonchev–Trinajstić information content (AvgIpc) is 2.74. The van der Waals surface area contributed by atoms with Crippen molar-refractivity contribution in [2.75, 3.05) is 7.05 Å². The Labute approximate surface area is 113 Å². The summed E-state index contributed by atoms with van der Waals surface area (Å²) >= 11 is 1.84. The van der Waals surface area contributed by atoms with Gasteiger partial charge in [0.2, 0.25) is 0 Å². The molecule has 0 fully saturated rings. The minimum atomic E-state index is 0. The van der Waals surface area contributed by atoms with E-state index in [4.69, 9.17) is 0 Å². The third kappa shape index (κ3) is 3.56. The molecule has 0 aliphatic heterocycles. The van der Waals surface area contributed by atoms with Gasteiger partial charge in [0.25, 0.3) is 0 Å². The van der Waals surface area contributed by atoms with Gasteiger partial charge in [0, 0.05) is 10.9 Å². The Morgan fingerprint density at radius 1 is 1.18 bits per heavy atom. The molecule has 1 nitrogen and oxygen atoms in total. The zero-order valence-corrected chi connectivity index (χ0v) is 11.8. The summed E-state index contributed by atoms with van der Waals surface area (Å²) in [6.07, 6.45) is 1.05. The minimum Gasteiger partial charge on any atom is -0.312 e. The molecule has 92 valence electrons. The molecule has 1 atom stereocenters. The van der Waals surface area contributed by atoms with E-state index in [0.29, 0.717) is 6.04 Å². The predicted molar refractivity (Wildman–Crippen MR) is 78.3 cm³/mol. The lowest BCUT2D eigenvalue weighted by Gasteiger charge is -2.15. The van der Waals surface area contributed by atoms with Crippen LogP contribution in [0, 0.1) is 6.92 Å². The van der Waals surface area contributed by atoms with E-state index < -0.39 is 0 Å². The van der Waals surface area contributed by atoms with Gasteiger partial charge in [-0.3, -0.25) is 0 Å². The van der Waals surface area contributed by atoms with E-state index in [2.05, 4.69) is 54.0 Å². The molecule has 2 rings (SSSR count). The molecule has 0 bridgehead atoms. The van der Waals surface area contributed by atoms with Crippen molar-refractivity contribution < 1.29 is 0 Å². The van der Waals surface area contributed by atoms with Gasteiger partial charge < -0.3 is 5.32 Å². The van der Waals surface area contributed by atoms with E-state index in [9.17, 15) is 0 Å². The highest BCUT2D eigenvalue weighted by Gasteiger charge is 2.13. The van der Waals surface area contributed by atoms with Crippen LogP contribution in [0.15, 0.2) is 41.8 Å². The summed E-state index contributed by atoms with van der Waals surface area (Å²) in [5.41, 5.74) is 2.77. The van der Waals surface area contributed by atoms with Crippen LogP contribution in [0.2, 0.25) is 0 Å². The van der Waals surface area contributed by atoms with E-state index in [1.165, 1.54) is 16.0 Å². The largest absolute Gasteiger partial charge is 0.312 e. The molecule has 1 heterocycles. The molecule has 2 aromatic rings. The van der Waals surface area contributed by atoms with E-state index >= 15 is 0 Å². The van der Waals surface area contributed by atoms with Crippen molar-refractivity contribution in [2.45, 2.75) is 19.4 Å². The number of nitrogens with one attached hydrogen (secondary N) is 1. The Balaban J connectivity index is 0.00000144. The van der Waals surface area contributed by atoms with Crippen molar-refractivity contribution in [2.24, 2.45) is 0 Å². The highest BCUT2D eigenvalue weighted by Crippen LogP contribution is 2.26. The first-order valence-corrected chi connectivity index (χ1v) is 6.44. The van der Waals surface area contributed by atoms with Crippen molar-refractivity contribution in [3.63, 3.8) is 0 Å². The first kappa shape index (κ1) is 14.2. The second kappa shape index (κ2) is 6.80. The normalized spacial score (nSPS) is 11.9. The molecule has 1 N–H and O–H groups in total. The fraction of sp³-hybridized carbons (Fsp3) is 0.286. The van der Waals surface area contributed by atoms with Gasteiger partial charge in [0.05, 0.1) is 0 Å². The average molecular weight is 268 g/mol. The first-order chi connectivity index (χ1) is 7.81. The van der Waals surface area contributed by atoms with Crippen molar-refractivity contribution in [1.82, 2.24) is 5.32 Å². The first-order valence-electron chi connectivity index (χ1n) is 5.56. The molecule has 1 aromatic heterocycles. The number of halogens is 1. The fourth-order valence-corrected chi connectivity index (χ4v) is 2.96. The summed E-state index contributed by atoms with van der Waals surface area (Å²) in [5.74, 6) is 0. The minimum absolute atomic E-state index is 0. The van der Waals surface area contributed by atoms with Crippen LogP contribution in [-0.2, 0) is 6.42 Å². The Bertz CT molecular complexity index is 438. The van der Waals surface area contributed by atoms with Gasteiger partial charge in [-0.15, -0.1) is 23.7 Å². The summed E-state index contributed by atoms with van der Waals surface area (Å²) in [7, 11) is 2.03. The third-order valence-corrected chi connectivity index (χ3v) is 3.98. The van der Waals surface area contributed by atoms with Crippen LogP contribution in [0.3, 0.4) is 0 Å². The van der Waals surface area contributed by atoms with E-state index in [-0.39, 0.29) is 12.4 Å². The molecular weight excluding hydrogens is 250 g/mol. The van der Waals surface area contributed by atoms with E-state index in [0.717, 1.165) is 6.42 Å². The number of hydrogen-bond donors (Lipinski definition) is 1. The molecule has 0 amide bonds. The number of likely N-dealkylation sites (N-methyl/N-ethyl adjacent to an activating group) is 1. The van der Waals surface area contributed by atoms with Gasteiger partial charge in [-0.05, 0) is 43.0 Å². The van der Waals surface area contributed by atoms with Gasteiger partial charge in [0.15, 0.2) is 0 Å². The Morgan fingerprint density at radius 2 is 1.88 bits per heavy atom. The van der Waals surface area contributed by atoms with Crippen LogP contribution in [0.4, 0.5) is 0 Å². The van der Waals surface area contributed by atoms with Crippen LogP contribution in [0.1, 0.15) is 22.0 Å². The monoisotopic (exact) mass is 267 g/mol. The summed E-state index contributed by atoms with van der Waals surface area (Å²) in [4.78, 5) is 1.45. The second-order valence-electron chi connectivity index (χ2n) is 4.00. The molecular formula is C14H18ClNS. The lowest BCUT2D eigenvalue weighted by molar-refractivity contribution is 0.599. The van der Waals surface area contributed by atoms with Gasteiger partial charge in [-0.25, -0.2) is 0 Å². The Morgan fingerprint density at radius 3 is 2.41 bits per heavy atom. The van der Waals surface area contributed by atoms with Crippen LogP contribution < -0.4 is 5.32 Å². The standard InChI is InChI=1S/C14H17NS.ClH/c1-11-8-9-16-14(11)13(15-2)10-12-6-4-3-5-7-12;/h3-9,13,15H,10H2,1-2H3;1H. The molecule has 0 saturated carbocycles. The maximum absolute atomic E-state index is 3.40. The number of rotatable bonds is 4. The molecule has 1 aromatic carbocycles. The molecule has 17 heavy (non-hydrogen) atoms. The zero-order valence-electron chi connectivity index (χ0n) is 10.1. The number of thiophene rings is 1. The number of benzene rings is 1. The van der Waals surface area contributed by atoms with Crippen LogP contribution in [-0.4, -0.2) is 7.05 Å². The van der Waals surface area contributed by atoms with Crippen molar-refractivity contribution >= 4 is 23.7 Å². The Kier molecular flexibility index (Phi) is 5.69. The van der Waals surface area contributed by atoms with Crippen molar-refractivity contribution in [3.8, 4) is 0 Å². The van der Waals surface area contributed by atoms with E-state index in [1.807, 2.05) is 18.4 Å². The zero-order chi connectivity index (χ0) is 11.4. The smallest absolute Gasteiger partial charge is 0.0455 e.